The third kappa shape index (κ3) is 3.59. The summed E-state index contributed by atoms with van der Waals surface area (Å²) in [5.41, 5.74) is 3.42. The van der Waals surface area contributed by atoms with E-state index in [-0.39, 0.29) is 30.5 Å². The van der Waals surface area contributed by atoms with Gasteiger partial charge in [0.25, 0.3) is 0 Å². The predicted octanol–water partition coefficient (Wildman–Crippen LogP) is 3.44. The van der Waals surface area contributed by atoms with E-state index in [2.05, 4.69) is 9.97 Å². The van der Waals surface area contributed by atoms with Gasteiger partial charge in [0, 0.05) is 11.8 Å². The van der Waals surface area contributed by atoms with E-state index >= 15 is 0 Å². The molecule has 3 N–H and O–H groups in total. The number of aromatic amines is 1. The van der Waals surface area contributed by atoms with E-state index < -0.39 is 0 Å². The van der Waals surface area contributed by atoms with Crippen molar-refractivity contribution < 1.29 is 19.4 Å². The van der Waals surface area contributed by atoms with Crippen LogP contribution < -0.4 is 9.64 Å². The molecule has 30 heavy (non-hydrogen) atoms. The fourth-order valence-electron chi connectivity index (χ4n) is 3.46. The number of benzene rings is 2. The van der Waals surface area contributed by atoms with Crippen LogP contribution in [0.1, 0.15) is 18.3 Å². The van der Waals surface area contributed by atoms with Gasteiger partial charge in [-0.2, -0.15) is 0 Å². The molecular weight excluding hydrogens is 384 g/mol. The number of nitrogens with one attached hydrogen (secondary N) is 2. The van der Waals surface area contributed by atoms with Crippen LogP contribution in [0.3, 0.4) is 0 Å². The Kier molecular flexibility index (Phi) is 5.14. The molecule has 1 aliphatic heterocycles. The van der Waals surface area contributed by atoms with Crippen LogP contribution in [0.2, 0.25) is 0 Å². The average molecular weight is 406 g/mol. The zero-order chi connectivity index (χ0) is 21.3. The lowest BCUT2D eigenvalue weighted by molar-refractivity contribution is -0.142. The summed E-state index contributed by atoms with van der Waals surface area (Å²) in [4.78, 5) is 21.0. The minimum atomic E-state index is -0.276. The molecule has 0 bridgehead atoms. The van der Waals surface area contributed by atoms with Gasteiger partial charge in [-0.05, 0) is 36.8 Å². The van der Waals surface area contributed by atoms with Crippen LogP contribution in [0.5, 0.6) is 5.75 Å². The molecule has 0 unspecified atom stereocenters. The molecule has 0 saturated heterocycles. The quantitative estimate of drug-likeness (QED) is 0.541. The Balaban J connectivity index is 1.55. The SMILES string of the molecule is CCOC(=O)Cc1ccc(N2CC(O)=C(c3nc4ccc(OC)cc4[nH]3)C2=N)cc1. The largest absolute Gasteiger partial charge is 0.509 e. The number of nitrogens with zero attached hydrogens (tertiary/aromatic N) is 2. The summed E-state index contributed by atoms with van der Waals surface area (Å²) in [6.07, 6.45) is 0.197. The maximum Gasteiger partial charge on any atom is 0.310 e. The van der Waals surface area contributed by atoms with Gasteiger partial charge in [-0.3, -0.25) is 10.2 Å². The fraction of sp³-hybridized carbons (Fsp3) is 0.227. The average Bonchev–Trinajstić information content (AvgIpc) is 3.27. The zero-order valence-corrected chi connectivity index (χ0v) is 16.7. The molecule has 0 fully saturated rings. The number of aliphatic hydroxyl groups excluding tert-OH is 1. The number of carbonyl (C=O) groups is 1. The number of H-pyrrole nitrogens is 1. The molecule has 1 aliphatic rings. The number of fused-ring (bicyclic) bond motifs is 1. The number of rotatable bonds is 6. The number of esters is 1. The normalized spacial score (nSPS) is 13.9. The van der Waals surface area contributed by atoms with Crippen LogP contribution in [0.25, 0.3) is 16.6 Å². The molecule has 0 spiro atoms. The van der Waals surface area contributed by atoms with E-state index in [0.717, 1.165) is 22.3 Å². The Hall–Kier alpha value is -3.81. The second kappa shape index (κ2) is 7.90. The molecule has 0 aliphatic carbocycles. The zero-order valence-electron chi connectivity index (χ0n) is 16.7. The van der Waals surface area contributed by atoms with Crippen molar-refractivity contribution in [2.45, 2.75) is 13.3 Å². The minimum Gasteiger partial charge on any atom is -0.509 e. The van der Waals surface area contributed by atoms with Crippen LogP contribution in [0.4, 0.5) is 5.69 Å². The first kappa shape index (κ1) is 19.5. The third-order valence-corrected chi connectivity index (χ3v) is 4.93. The first-order valence-corrected chi connectivity index (χ1v) is 9.57. The summed E-state index contributed by atoms with van der Waals surface area (Å²) >= 11 is 0. The number of ether oxygens (including phenoxy) is 2. The Morgan fingerprint density at radius 1 is 1.27 bits per heavy atom. The van der Waals surface area contributed by atoms with Gasteiger partial charge in [-0.1, -0.05) is 12.1 Å². The van der Waals surface area contributed by atoms with Gasteiger partial charge in [0.2, 0.25) is 0 Å². The number of methoxy groups -OCH3 is 1. The van der Waals surface area contributed by atoms with Gasteiger partial charge < -0.3 is 24.5 Å². The first-order valence-electron chi connectivity index (χ1n) is 9.57. The van der Waals surface area contributed by atoms with Crippen molar-refractivity contribution in [3.05, 3.63) is 59.6 Å². The molecule has 0 saturated carbocycles. The summed E-state index contributed by atoms with van der Waals surface area (Å²) in [6, 6.07) is 12.7. The molecule has 2 aromatic carbocycles. The van der Waals surface area contributed by atoms with Gasteiger partial charge in [0.15, 0.2) is 0 Å². The second-order valence-corrected chi connectivity index (χ2v) is 6.87. The number of anilines is 1. The number of aromatic nitrogens is 2. The molecule has 8 heteroatoms. The van der Waals surface area contributed by atoms with E-state index in [0.29, 0.717) is 23.8 Å². The smallest absolute Gasteiger partial charge is 0.310 e. The van der Waals surface area contributed by atoms with Gasteiger partial charge >= 0.3 is 5.97 Å². The van der Waals surface area contributed by atoms with Crippen molar-refractivity contribution in [2.75, 3.05) is 25.2 Å². The van der Waals surface area contributed by atoms with Gasteiger partial charge in [0.05, 0.1) is 43.3 Å². The van der Waals surface area contributed by atoms with E-state index in [1.165, 1.54) is 0 Å². The molecule has 3 aromatic rings. The lowest BCUT2D eigenvalue weighted by Gasteiger charge is -2.19. The van der Waals surface area contributed by atoms with Crippen LogP contribution in [0, 0.1) is 5.41 Å². The highest BCUT2D eigenvalue weighted by molar-refractivity contribution is 6.30. The number of hydrogen-bond donors (Lipinski definition) is 3. The molecule has 4 rings (SSSR count). The predicted molar refractivity (Wildman–Crippen MR) is 114 cm³/mol. The molecular formula is C22H22N4O4. The number of carbonyl (C=O) groups excluding carboxylic acids is 1. The first-order chi connectivity index (χ1) is 14.5. The Morgan fingerprint density at radius 3 is 2.73 bits per heavy atom. The van der Waals surface area contributed by atoms with E-state index in [9.17, 15) is 9.90 Å². The summed E-state index contributed by atoms with van der Waals surface area (Å²) in [6.45, 7) is 2.30. The Bertz CT molecular complexity index is 1150. The summed E-state index contributed by atoms with van der Waals surface area (Å²) < 4.78 is 10.2. The fourth-order valence-corrected chi connectivity index (χ4v) is 3.46. The monoisotopic (exact) mass is 406 g/mol. The molecule has 1 aromatic heterocycles. The van der Waals surface area contributed by atoms with Gasteiger partial charge in [-0.25, -0.2) is 4.98 Å². The lowest BCUT2D eigenvalue weighted by atomic mass is 10.1. The van der Waals surface area contributed by atoms with Crippen molar-refractivity contribution in [1.29, 1.82) is 5.41 Å². The van der Waals surface area contributed by atoms with Crippen LogP contribution >= 0.6 is 0 Å². The highest BCUT2D eigenvalue weighted by Crippen LogP contribution is 2.31. The maximum atomic E-state index is 11.6. The number of amidine groups is 1. The summed E-state index contributed by atoms with van der Waals surface area (Å²) in [5.74, 6) is 1.07. The van der Waals surface area contributed by atoms with Crippen molar-refractivity contribution in [1.82, 2.24) is 9.97 Å². The molecule has 154 valence electrons. The van der Waals surface area contributed by atoms with Crippen LogP contribution in [0.15, 0.2) is 48.2 Å². The topological polar surface area (TPSA) is 112 Å². The summed E-state index contributed by atoms with van der Waals surface area (Å²) in [5, 5.41) is 19.1. The van der Waals surface area contributed by atoms with E-state index in [1.54, 1.807) is 18.9 Å². The van der Waals surface area contributed by atoms with Gasteiger partial charge in [0.1, 0.15) is 23.2 Å². The molecule has 8 nitrogen and oxygen atoms in total. The van der Waals surface area contributed by atoms with Gasteiger partial charge in [-0.15, -0.1) is 0 Å². The van der Waals surface area contributed by atoms with E-state index in [1.807, 2.05) is 42.5 Å². The molecule has 0 atom stereocenters. The van der Waals surface area contributed by atoms with Crippen molar-refractivity contribution in [2.24, 2.45) is 0 Å². The summed E-state index contributed by atoms with van der Waals surface area (Å²) in [7, 11) is 1.59. The highest BCUT2D eigenvalue weighted by atomic mass is 16.5. The Labute approximate surface area is 173 Å². The standard InChI is InChI=1S/C22H22N4O4/c1-3-30-19(28)10-13-4-6-14(7-5-13)26-12-18(27)20(21(26)23)22-24-16-9-8-15(29-2)11-17(16)25-22/h4-9,11,23,27H,3,10,12H2,1-2H3,(H,24,25). The molecule has 0 radical (unpaired) electrons. The van der Waals surface area contributed by atoms with Crippen molar-refractivity contribution >= 4 is 34.1 Å². The highest BCUT2D eigenvalue weighted by Gasteiger charge is 2.31. The minimum absolute atomic E-state index is 0.0709. The number of imidazole rings is 1. The Morgan fingerprint density at radius 2 is 2.03 bits per heavy atom. The molecule has 2 heterocycles. The number of aliphatic hydroxyl groups is 1. The lowest BCUT2D eigenvalue weighted by Crippen LogP contribution is -2.26. The second-order valence-electron chi connectivity index (χ2n) is 6.87. The molecule has 0 amide bonds. The van der Waals surface area contributed by atoms with Crippen LogP contribution in [-0.2, 0) is 16.0 Å². The number of hydrogen-bond acceptors (Lipinski definition) is 6. The van der Waals surface area contributed by atoms with Crippen molar-refractivity contribution in [3.8, 4) is 5.75 Å². The van der Waals surface area contributed by atoms with E-state index in [4.69, 9.17) is 14.9 Å². The third-order valence-electron chi connectivity index (χ3n) is 4.93. The van der Waals surface area contributed by atoms with Crippen molar-refractivity contribution in [3.63, 3.8) is 0 Å². The maximum absolute atomic E-state index is 11.6. The van der Waals surface area contributed by atoms with Crippen LogP contribution in [-0.4, -0.2) is 47.1 Å².